The van der Waals surface area contributed by atoms with Crippen LogP contribution in [-0.2, 0) is 20.9 Å². The second kappa shape index (κ2) is 12.3. The van der Waals surface area contributed by atoms with E-state index in [4.69, 9.17) is 14.2 Å². The van der Waals surface area contributed by atoms with Gasteiger partial charge in [0.1, 0.15) is 29.7 Å². The molecule has 210 valence electrons. The quantitative estimate of drug-likeness (QED) is 0.193. The summed E-state index contributed by atoms with van der Waals surface area (Å²) >= 11 is 0. The van der Waals surface area contributed by atoms with Gasteiger partial charge in [-0.15, -0.1) is 0 Å². The molecule has 0 aliphatic carbocycles. The van der Waals surface area contributed by atoms with Gasteiger partial charge in [0.15, 0.2) is 0 Å². The third-order valence-corrected chi connectivity index (χ3v) is 7.02. The number of carbonyl (C=O) groups is 2. The van der Waals surface area contributed by atoms with Crippen LogP contribution in [0.15, 0.2) is 66.2 Å². The van der Waals surface area contributed by atoms with Gasteiger partial charge in [-0.2, -0.15) is 0 Å². The number of benzene rings is 3. The zero-order valence-electron chi connectivity index (χ0n) is 23.4. The van der Waals surface area contributed by atoms with Crippen molar-refractivity contribution in [2.45, 2.75) is 39.3 Å². The van der Waals surface area contributed by atoms with Crippen molar-refractivity contribution in [1.29, 1.82) is 0 Å². The van der Waals surface area contributed by atoms with E-state index >= 15 is 0 Å². The number of Topliss-reactive ketones (excluding diaryl/α,β-unsaturated/α-hetero) is 1. The van der Waals surface area contributed by atoms with Crippen LogP contribution in [0.5, 0.6) is 11.5 Å². The van der Waals surface area contributed by atoms with Crippen molar-refractivity contribution in [1.82, 2.24) is 4.90 Å². The van der Waals surface area contributed by atoms with Crippen molar-refractivity contribution in [2.24, 2.45) is 0 Å². The molecule has 7 nitrogen and oxygen atoms in total. The fourth-order valence-electron chi connectivity index (χ4n) is 4.89. The number of aliphatic hydroxyl groups is 1. The Kier molecular flexibility index (Phi) is 8.90. The number of aryl methyl sites for hydroxylation is 1. The van der Waals surface area contributed by atoms with Crippen LogP contribution in [0.4, 0.5) is 4.39 Å². The standard InChI is InChI=1S/C32H34FNO6/c1-19(2)25-17-26(20(3)15-27(25)39-5)30(35)28-29(34(13-14-38-4)32(37)31(28)36)22-7-6-8-24(16-22)40-18-21-9-11-23(33)12-10-21/h6-12,15-17,19,29,35H,13-14,18H2,1-5H3/b30-28+. The number of halogens is 1. The first-order valence-corrected chi connectivity index (χ1v) is 13.1. The second-order valence-corrected chi connectivity index (χ2v) is 10.0. The van der Waals surface area contributed by atoms with Gasteiger partial charge in [-0.3, -0.25) is 9.59 Å². The number of aliphatic hydroxyl groups excluding tert-OH is 1. The Morgan fingerprint density at radius 3 is 2.42 bits per heavy atom. The van der Waals surface area contributed by atoms with Crippen molar-refractivity contribution < 1.29 is 33.3 Å². The zero-order chi connectivity index (χ0) is 29.0. The van der Waals surface area contributed by atoms with Crippen molar-refractivity contribution in [3.8, 4) is 11.5 Å². The molecule has 1 N–H and O–H groups in total. The third-order valence-electron chi connectivity index (χ3n) is 7.02. The Labute approximate surface area is 233 Å². The van der Waals surface area contributed by atoms with Crippen molar-refractivity contribution in [2.75, 3.05) is 27.4 Å². The van der Waals surface area contributed by atoms with Gasteiger partial charge in [0.05, 0.1) is 25.3 Å². The first kappa shape index (κ1) is 28.8. The summed E-state index contributed by atoms with van der Waals surface area (Å²) in [6, 6.07) is 15.9. The predicted molar refractivity (Wildman–Crippen MR) is 150 cm³/mol. The Bertz CT molecular complexity index is 1430. The molecule has 1 fully saturated rings. The van der Waals surface area contributed by atoms with E-state index in [0.29, 0.717) is 28.2 Å². The summed E-state index contributed by atoms with van der Waals surface area (Å²) in [6.07, 6.45) is 0. The molecule has 3 aromatic carbocycles. The largest absolute Gasteiger partial charge is 0.507 e. The molecule has 40 heavy (non-hydrogen) atoms. The van der Waals surface area contributed by atoms with Crippen LogP contribution in [0.25, 0.3) is 5.76 Å². The van der Waals surface area contributed by atoms with Crippen LogP contribution in [0, 0.1) is 12.7 Å². The van der Waals surface area contributed by atoms with E-state index in [-0.39, 0.29) is 42.8 Å². The molecule has 4 rings (SSSR count). The van der Waals surface area contributed by atoms with Gasteiger partial charge >= 0.3 is 0 Å². The van der Waals surface area contributed by atoms with Crippen molar-refractivity contribution in [3.05, 3.63) is 99.9 Å². The maximum absolute atomic E-state index is 13.4. The number of rotatable bonds is 10. The molecule has 0 aromatic heterocycles. The van der Waals surface area contributed by atoms with Crippen LogP contribution < -0.4 is 9.47 Å². The SMILES string of the molecule is COCCN1C(=O)C(=O)/C(=C(/O)c2cc(C(C)C)c(OC)cc2C)C1c1cccc(OCc2ccc(F)cc2)c1. The fraction of sp³-hybridized carbons (Fsp3) is 0.312. The van der Waals surface area contributed by atoms with Crippen LogP contribution in [0.2, 0.25) is 0 Å². The molecule has 1 saturated heterocycles. The Hall–Kier alpha value is -4.17. The number of amides is 1. The van der Waals surface area contributed by atoms with Gasteiger partial charge < -0.3 is 24.2 Å². The highest BCUT2D eigenvalue weighted by Crippen LogP contribution is 2.42. The lowest BCUT2D eigenvalue weighted by Gasteiger charge is -2.25. The highest BCUT2D eigenvalue weighted by Gasteiger charge is 2.46. The number of likely N-dealkylation sites (tertiary alicyclic amines) is 1. The smallest absolute Gasteiger partial charge is 0.295 e. The molecule has 0 radical (unpaired) electrons. The maximum Gasteiger partial charge on any atom is 0.295 e. The van der Waals surface area contributed by atoms with E-state index in [1.54, 1.807) is 43.5 Å². The van der Waals surface area contributed by atoms with Gasteiger partial charge in [0, 0.05) is 19.2 Å². The molecule has 0 spiro atoms. The number of nitrogens with zero attached hydrogens (tertiary/aromatic N) is 1. The van der Waals surface area contributed by atoms with Crippen molar-refractivity contribution in [3.63, 3.8) is 0 Å². The topological polar surface area (TPSA) is 85.3 Å². The van der Waals surface area contributed by atoms with E-state index in [0.717, 1.165) is 11.1 Å². The van der Waals surface area contributed by atoms with Gasteiger partial charge in [0.25, 0.3) is 11.7 Å². The minimum atomic E-state index is -0.853. The Morgan fingerprint density at radius 1 is 1.05 bits per heavy atom. The van der Waals surface area contributed by atoms with Gasteiger partial charge in [-0.1, -0.05) is 38.1 Å². The van der Waals surface area contributed by atoms with Crippen LogP contribution in [-0.4, -0.2) is 49.1 Å². The zero-order valence-corrected chi connectivity index (χ0v) is 23.4. The van der Waals surface area contributed by atoms with E-state index in [2.05, 4.69) is 0 Å². The molecule has 1 unspecified atom stereocenters. The predicted octanol–water partition coefficient (Wildman–Crippen LogP) is 5.91. The van der Waals surface area contributed by atoms with Crippen LogP contribution in [0.3, 0.4) is 0 Å². The minimum Gasteiger partial charge on any atom is -0.507 e. The van der Waals surface area contributed by atoms with Gasteiger partial charge in [-0.25, -0.2) is 4.39 Å². The molecule has 0 saturated carbocycles. The lowest BCUT2D eigenvalue weighted by Crippen LogP contribution is -2.32. The lowest BCUT2D eigenvalue weighted by molar-refractivity contribution is -0.140. The summed E-state index contributed by atoms with van der Waals surface area (Å²) in [4.78, 5) is 28.1. The summed E-state index contributed by atoms with van der Waals surface area (Å²) in [5.74, 6) is -0.771. The van der Waals surface area contributed by atoms with Crippen LogP contribution in [0.1, 0.15) is 53.6 Å². The minimum absolute atomic E-state index is 0.000222. The average molecular weight is 548 g/mol. The molecule has 1 aliphatic rings. The maximum atomic E-state index is 13.4. The molecule has 1 atom stereocenters. The number of carbonyl (C=O) groups excluding carboxylic acids is 2. The normalized spacial score (nSPS) is 16.6. The van der Waals surface area contributed by atoms with E-state index in [1.807, 2.05) is 32.9 Å². The van der Waals surface area contributed by atoms with Gasteiger partial charge in [0.2, 0.25) is 0 Å². The molecule has 8 heteroatoms. The summed E-state index contributed by atoms with van der Waals surface area (Å²) in [7, 11) is 3.11. The highest BCUT2D eigenvalue weighted by molar-refractivity contribution is 6.46. The number of hydrogen-bond acceptors (Lipinski definition) is 6. The van der Waals surface area contributed by atoms with E-state index < -0.39 is 17.7 Å². The molecular formula is C32H34FNO6. The average Bonchev–Trinajstić information content (AvgIpc) is 3.20. The lowest BCUT2D eigenvalue weighted by atomic mass is 9.91. The molecule has 1 aliphatic heterocycles. The number of ether oxygens (including phenoxy) is 3. The molecule has 1 amide bonds. The monoisotopic (exact) mass is 547 g/mol. The summed E-state index contributed by atoms with van der Waals surface area (Å²) < 4.78 is 30.0. The summed E-state index contributed by atoms with van der Waals surface area (Å²) in [5.41, 5.74) is 3.42. The molecular weight excluding hydrogens is 513 g/mol. The third kappa shape index (κ3) is 5.87. The first-order valence-electron chi connectivity index (χ1n) is 13.1. The fourth-order valence-corrected chi connectivity index (χ4v) is 4.89. The first-order chi connectivity index (χ1) is 19.2. The van der Waals surface area contributed by atoms with E-state index in [9.17, 15) is 19.1 Å². The highest BCUT2D eigenvalue weighted by atomic mass is 19.1. The van der Waals surface area contributed by atoms with Gasteiger partial charge in [-0.05, 0) is 71.5 Å². The van der Waals surface area contributed by atoms with Crippen LogP contribution >= 0.6 is 0 Å². The Morgan fingerprint density at radius 2 is 1.77 bits per heavy atom. The van der Waals surface area contributed by atoms with Crippen molar-refractivity contribution >= 4 is 17.4 Å². The second-order valence-electron chi connectivity index (χ2n) is 10.0. The molecule has 1 heterocycles. The Balaban J connectivity index is 1.79. The summed E-state index contributed by atoms with van der Waals surface area (Å²) in [5, 5.41) is 11.6. The number of hydrogen-bond donors (Lipinski definition) is 1. The van der Waals surface area contributed by atoms with E-state index in [1.165, 1.54) is 24.1 Å². The number of ketones is 1. The number of methoxy groups -OCH3 is 2. The molecule has 0 bridgehead atoms. The molecule has 3 aromatic rings. The summed E-state index contributed by atoms with van der Waals surface area (Å²) in [6.45, 7) is 6.42.